The summed E-state index contributed by atoms with van der Waals surface area (Å²) in [4.78, 5) is 24.3. The lowest BCUT2D eigenvalue weighted by Crippen LogP contribution is -2.32. The van der Waals surface area contributed by atoms with Crippen LogP contribution in [0.1, 0.15) is 11.1 Å². The van der Waals surface area contributed by atoms with E-state index < -0.39 is 25.2 Å². The molecule has 0 radical (unpaired) electrons. The van der Waals surface area contributed by atoms with Gasteiger partial charge >= 0.3 is 5.69 Å². The van der Waals surface area contributed by atoms with Crippen LogP contribution in [-0.2, 0) is 15.6 Å². The molecule has 0 spiro atoms. The molecule has 0 saturated heterocycles. The summed E-state index contributed by atoms with van der Waals surface area (Å²) in [5.41, 5.74) is -0.711. The summed E-state index contributed by atoms with van der Waals surface area (Å²) in [6.07, 6.45) is 0.891. The van der Waals surface area contributed by atoms with Crippen molar-refractivity contribution in [1.82, 2.24) is 9.55 Å². The maximum Gasteiger partial charge on any atom is 0.328 e. The molecule has 2 rings (SSSR count). The molecular formula is C12H8ClN3O4S. The molecule has 1 N–H and O–H groups in total. The quantitative estimate of drug-likeness (QED) is 0.820. The summed E-state index contributed by atoms with van der Waals surface area (Å²) in [7, 11) is 0.881. The fourth-order valence-corrected chi connectivity index (χ4v) is 2.52. The number of aromatic nitrogens is 2. The standard InChI is InChI=1S/C12H8ClN3O4S/c13-21(19,20)10-7-16(12(18)15-11(10)17)6-9-3-1-8(5-14)2-4-9/h1-4,7H,6H2,(H,15,17,18). The largest absolute Gasteiger partial charge is 0.328 e. The molecule has 0 atom stereocenters. The van der Waals surface area contributed by atoms with Crippen LogP contribution in [0.4, 0.5) is 0 Å². The molecule has 0 saturated carbocycles. The zero-order valence-corrected chi connectivity index (χ0v) is 12.0. The van der Waals surface area contributed by atoms with Crippen LogP contribution >= 0.6 is 10.7 Å². The Labute approximate surface area is 123 Å². The molecule has 1 heterocycles. The first-order valence-electron chi connectivity index (χ1n) is 5.59. The monoisotopic (exact) mass is 325 g/mol. The lowest BCUT2D eigenvalue weighted by molar-refractivity contribution is 0.603. The van der Waals surface area contributed by atoms with E-state index in [1.807, 2.05) is 11.1 Å². The molecule has 9 heteroatoms. The van der Waals surface area contributed by atoms with Gasteiger partial charge < -0.3 is 0 Å². The Kier molecular flexibility index (Phi) is 3.97. The summed E-state index contributed by atoms with van der Waals surface area (Å²) in [5, 5.41) is 8.69. The van der Waals surface area contributed by atoms with Crippen molar-refractivity contribution in [2.45, 2.75) is 11.4 Å². The minimum atomic E-state index is -4.25. The number of halogens is 1. The summed E-state index contributed by atoms with van der Waals surface area (Å²) < 4.78 is 23.5. The van der Waals surface area contributed by atoms with Crippen molar-refractivity contribution in [3.8, 4) is 6.07 Å². The minimum absolute atomic E-state index is 0.0285. The summed E-state index contributed by atoms with van der Waals surface area (Å²) in [6.45, 7) is 0.0285. The second kappa shape index (κ2) is 5.55. The van der Waals surface area contributed by atoms with Crippen LogP contribution in [0.25, 0.3) is 0 Å². The van der Waals surface area contributed by atoms with Gasteiger partial charge in [-0.2, -0.15) is 5.26 Å². The lowest BCUT2D eigenvalue weighted by atomic mass is 10.1. The molecule has 0 fully saturated rings. The molecule has 0 aliphatic carbocycles. The van der Waals surface area contributed by atoms with Crippen molar-refractivity contribution < 1.29 is 8.42 Å². The van der Waals surface area contributed by atoms with Crippen molar-refractivity contribution in [2.75, 3.05) is 0 Å². The molecule has 0 unspecified atom stereocenters. The highest BCUT2D eigenvalue weighted by molar-refractivity contribution is 8.13. The van der Waals surface area contributed by atoms with E-state index in [0.717, 1.165) is 10.8 Å². The second-order valence-electron chi connectivity index (χ2n) is 4.13. The fourth-order valence-electron chi connectivity index (χ4n) is 1.66. The van der Waals surface area contributed by atoms with Gasteiger partial charge in [0, 0.05) is 16.9 Å². The third kappa shape index (κ3) is 3.39. The summed E-state index contributed by atoms with van der Waals surface area (Å²) in [6, 6.07) is 8.31. The lowest BCUT2D eigenvalue weighted by Gasteiger charge is -2.06. The Balaban J connectivity index is 2.47. The van der Waals surface area contributed by atoms with Gasteiger partial charge in [-0.25, -0.2) is 13.2 Å². The maximum atomic E-state index is 11.7. The van der Waals surface area contributed by atoms with Crippen molar-refractivity contribution >= 4 is 19.7 Å². The van der Waals surface area contributed by atoms with Crippen LogP contribution < -0.4 is 11.2 Å². The highest BCUT2D eigenvalue weighted by Crippen LogP contribution is 2.09. The number of nitriles is 1. The molecule has 21 heavy (non-hydrogen) atoms. The fraction of sp³-hybridized carbons (Fsp3) is 0.0833. The summed E-state index contributed by atoms with van der Waals surface area (Å²) >= 11 is 0. The van der Waals surface area contributed by atoms with Gasteiger partial charge in [0.2, 0.25) is 0 Å². The third-order valence-electron chi connectivity index (χ3n) is 2.68. The van der Waals surface area contributed by atoms with E-state index in [1.54, 1.807) is 24.3 Å². The molecule has 0 bridgehead atoms. The minimum Gasteiger partial charge on any atom is -0.295 e. The molecule has 1 aromatic heterocycles. The molecule has 108 valence electrons. The Morgan fingerprint density at radius 3 is 2.38 bits per heavy atom. The second-order valence-corrected chi connectivity index (χ2v) is 6.66. The van der Waals surface area contributed by atoms with E-state index in [2.05, 4.69) is 0 Å². The van der Waals surface area contributed by atoms with Gasteiger partial charge in [0.15, 0.2) is 4.90 Å². The number of aromatic amines is 1. The molecule has 1 aromatic carbocycles. The van der Waals surface area contributed by atoms with Gasteiger partial charge in [-0.1, -0.05) is 12.1 Å². The maximum absolute atomic E-state index is 11.7. The smallest absolute Gasteiger partial charge is 0.295 e. The average Bonchev–Trinajstić information content (AvgIpc) is 2.41. The van der Waals surface area contributed by atoms with Crippen LogP contribution in [0.5, 0.6) is 0 Å². The topological polar surface area (TPSA) is 113 Å². The third-order valence-corrected chi connectivity index (χ3v) is 3.99. The van der Waals surface area contributed by atoms with Crippen molar-refractivity contribution in [3.63, 3.8) is 0 Å². The zero-order valence-electron chi connectivity index (χ0n) is 10.4. The van der Waals surface area contributed by atoms with Crippen LogP contribution in [0, 0.1) is 11.3 Å². The molecular weight excluding hydrogens is 318 g/mol. The van der Waals surface area contributed by atoms with Crippen LogP contribution in [0.15, 0.2) is 44.9 Å². The molecule has 0 aliphatic heterocycles. The molecule has 0 aliphatic rings. The molecule has 0 amide bonds. The predicted octanol–water partition coefficient (Wildman–Crippen LogP) is 0.384. The normalized spacial score (nSPS) is 11.0. The van der Waals surface area contributed by atoms with E-state index in [9.17, 15) is 18.0 Å². The predicted molar refractivity (Wildman–Crippen MR) is 74.6 cm³/mol. The van der Waals surface area contributed by atoms with E-state index in [1.165, 1.54) is 0 Å². The number of nitrogens with one attached hydrogen (secondary N) is 1. The first-order chi connectivity index (χ1) is 9.81. The van der Waals surface area contributed by atoms with E-state index in [0.29, 0.717) is 11.1 Å². The Morgan fingerprint density at radius 1 is 1.24 bits per heavy atom. The van der Waals surface area contributed by atoms with Crippen LogP contribution in [-0.4, -0.2) is 18.0 Å². The van der Waals surface area contributed by atoms with Gasteiger partial charge in [-0.05, 0) is 17.7 Å². The van der Waals surface area contributed by atoms with Crippen molar-refractivity contribution in [2.24, 2.45) is 0 Å². The van der Waals surface area contributed by atoms with Crippen LogP contribution in [0.3, 0.4) is 0 Å². The number of hydrogen-bond donors (Lipinski definition) is 1. The summed E-state index contributed by atoms with van der Waals surface area (Å²) in [5.74, 6) is 0. The van der Waals surface area contributed by atoms with E-state index in [4.69, 9.17) is 15.9 Å². The first-order valence-corrected chi connectivity index (χ1v) is 7.89. The Hall–Kier alpha value is -2.37. The van der Waals surface area contributed by atoms with Gasteiger partial charge in [0.05, 0.1) is 18.2 Å². The van der Waals surface area contributed by atoms with Gasteiger partial charge in [-0.15, -0.1) is 0 Å². The number of nitrogens with zero attached hydrogens (tertiary/aromatic N) is 2. The van der Waals surface area contributed by atoms with Gasteiger partial charge in [0.25, 0.3) is 14.6 Å². The average molecular weight is 326 g/mol. The number of benzene rings is 1. The highest BCUT2D eigenvalue weighted by atomic mass is 35.7. The van der Waals surface area contributed by atoms with Gasteiger partial charge in [-0.3, -0.25) is 14.3 Å². The highest BCUT2D eigenvalue weighted by Gasteiger charge is 2.17. The zero-order chi connectivity index (χ0) is 15.6. The SMILES string of the molecule is N#Cc1ccc(Cn2cc(S(=O)(=O)Cl)c(=O)[nH]c2=O)cc1. The Morgan fingerprint density at radius 2 is 1.86 bits per heavy atom. The first kappa shape index (κ1) is 15.0. The molecule has 2 aromatic rings. The van der Waals surface area contributed by atoms with Crippen molar-refractivity contribution in [3.05, 3.63) is 62.4 Å². The molecule has 7 nitrogen and oxygen atoms in total. The van der Waals surface area contributed by atoms with E-state index in [-0.39, 0.29) is 6.54 Å². The van der Waals surface area contributed by atoms with Crippen LogP contribution in [0.2, 0.25) is 0 Å². The number of H-pyrrole nitrogens is 1. The number of rotatable bonds is 3. The van der Waals surface area contributed by atoms with E-state index >= 15 is 0 Å². The van der Waals surface area contributed by atoms with Gasteiger partial charge in [0.1, 0.15) is 0 Å². The number of hydrogen-bond acceptors (Lipinski definition) is 5. The Bertz CT molecular complexity index is 936. The van der Waals surface area contributed by atoms with Crippen molar-refractivity contribution in [1.29, 1.82) is 5.26 Å².